The maximum atomic E-state index is 12.6. The summed E-state index contributed by atoms with van der Waals surface area (Å²) in [6.45, 7) is 4.94. The topological polar surface area (TPSA) is 231 Å². The molecule has 4 amide bonds. The number of hydrogen-bond acceptors (Lipinski definition) is 7. The fraction of sp³-hybridized carbons (Fsp3) is 0.684. The van der Waals surface area contributed by atoms with Gasteiger partial charge >= 0.3 is 11.9 Å². The van der Waals surface area contributed by atoms with Gasteiger partial charge in [0.1, 0.15) is 18.1 Å². The first-order chi connectivity index (χ1) is 14.7. The molecule has 0 aromatic heterocycles. The molecule has 13 nitrogen and oxygen atoms in total. The van der Waals surface area contributed by atoms with Crippen molar-refractivity contribution in [3.05, 3.63) is 0 Å². The van der Waals surface area contributed by atoms with Crippen molar-refractivity contribution in [1.29, 1.82) is 0 Å². The number of carbonyl (C=O) groups is 6. The van der Waals surface area contributed by atoms with E-state index >= 15 is 0 Å². The molecule has 0 aromatic carbocycles. The predicted molar refractivity (Wildman–Crippen MR) is 112 cm³/mol. The van der Waals surface area contributed by atoms with E-state index in [-0.39, 0.29) is 38.0 Å². The minimum absolute atomic E-state index is 0.0179. The number of carboxylic acid groups (broad SMARTS) is 2. The third-order valence-corrected chi connectivity index (χ3v) is 4.39. The summed E-state index contributed by atoms with van der Waals surface area (Å²) in [5.41, 5.74) is 10.7. The second kappa shape index (κ2) is 14.0. The van der Waals surface area contributed by atoms with E-state index in [4.69, 9.17) is 21.7 Å². The van der Waals surface area contributed by atoms with E-state index in [1.54, 1.807) is 0 Å². The van der Waals surface area contributed by atoms with Crippen LogP contribution >= 0.6 is 0 Å². The Morgan fingerprint density at radius 2 is 1.34 bits per heavy atom. The van der Waals surface area contributed by atoms with Crippen LogP contribution in [0.1, 0.15) is 52.9 Å². The van der Waals surface area contributed by atoms with Crippen molar-refractivity contribution >= 4 is 35.6 Å². The lowest BCUT2D eigenvalue weighted by atomic mass is 10.0. The van der Waals surface area contributed by atoms with Crippen molar-refractivity contribution in [3.8, 4) is 0 Å². The van der Waals surface area contributed by atoms with Crippen LogP contribution in [0.15, 0.2) is 0 Å². The highest BCUT2D eigenvalue weighted by Gasteiger charge is 2.29. The average Bonchev–Trinajstić information content (AvgIpc) is 2.67. The molecule has 13 heteroatoms. The van der Waals surface area contributed by atoms with Crippen molar-refractivity contribution in [1.82, 2.24) is 16.0 Å². The molecular weight excluding hydrogens is 426 g/mol. The Kier molecular flexibility index (Phi) is 12.6. The number of amides is 4. The van der Waals surface area contributed by atoms with E-state index in [0.717, 1.165) is 0 Å². The number of primary amides is 1. The lowest BCUT2D eigenvalue weighted by molar-refractivity contribution is -0.142. The molecule has 0 radical (unpaired) electrons. The standard InChI is InChI=1S/C19H33N5O8/c1-9(2)8-13(24-17(29)11(20)4-7-15(26)27)18(30)22-10(3)16(28)23-12(19(31)32)5-6-14(21)25/h9-13H,4-8,20H2,1-3H3,(H2,21,25)(H,22,30)(H,23,28)(H,24,29)(H,26,27)(H,31,32). The van der Waals surface area contributed by atoms with Gasteiger partial charge in [-0.3, -0.25) is 24.0 Å². The maximum absolute atomic E-state index is 12.6. The first-order valence-corrected chi connectivity index (χ1v) is 10.1. The Balaban J connectivity index is 5.05. The van der Waals surface area contributed by atoms with Crippen LogP contribution in [0, 0.1) is 5.92 Å². The summed E-state index contributed by atoms with van der Waals surface area (Å²) in [4.78, 5) is 69.9. The number of nitrogens with two attached hydrogens (primary N) is 2. The number of carboxylic acids is 2. The fourth-order valence-corrected chi connectivity index (χ4v) is 2.61. The van der Waals surface area contributed by atoms with Crippen molar-refractivity contribution in [3.63, 3.8) is 0 Å². The molecule has 0 aromatic rings. The van der Waals surface area contributed by atoms with Gasteiger partial charge in [0, 0.05) is 12.8 Å². The lowest BCUT2D eigenvalue weighted by Gasteiger charge is -2.24. The Morgan fingerprint density at radius 3 is 1.81 bits per heavy atom. The maximum Gasteiger partial charge on any atom is 0.326 e. The summed E-state index contributed by atoms with van der Waals surface area (Å²) in [7, 11) is 0. The summed E-state index contributed by atoms with van der Waals surface area (Å²) in [5, 5.41) is 24.9. The number of aliphatic carboxylic acids is 2. The van der Waals surface area contributed by atoms with Gasteiger partial charge in [0.2, 0.25) is 23.6 Å². The largest absolute Gasteiger partial charge is 0.481 e. The molecule has 182 valence electrons. The first-order valence-electron chi connectivity index (χ1n) is 10.1. The van der Waals surface area contributed by atoms with Crippen LogP contribution in [0.2, 0.25) is 0 Å². The molecule has 32 heavy (non-hydrogen) atoms. The normalized spacial score (nSPS) is 14.5. The number of nitrogens with one attached hydrogen (secondary N) is 3. The van der Waals surface area contributed by atoms with Crippen LogP contribution in [-0.4, -0.2) is 69.9 Å². The van der Waals surface area contributed by atoms with Gasteiger partial charge < -0.3 is 37.6 Å². The van der Waals surface area contributed by atoms with Gasteiger partial charge in [-0.2, -0.15) is 0 Å². The van der Waals surface area contributed by atoms with Crippen LogP contribution in [0.25, 0.3) is 0 Å². The van der Waals surface area contributed by atoms with Gasteiger partial charge in [-0.05, 0) is 32.1 Å². The van der Waals surface area contributed by atoms with E-state index in [1.807, 2.05) is 13.8 Å². The van der Waals surface area contributed by atoms with E-state index in [9.17, 15) is 28.8 Å². The van der Waals surface area contributed by atoms with Crippen molar-refractivity contribution in [2.45, 2.75) is 77.0 Å². The molecule has 0 spiro atoms. The Hall–Kier alpha value is -3.22. The highest BCUT2D eigenvalue weighted by Crippen LogP contribution is 2.07. The van der Waals surface area contributed by atoms with Crippen molar-refractivity contribution in [2.75, 3.05) is 0 Å². The number of rotatable bonds is 15. The van der Waals surface area contributed by atoms with E-state index < -0.39 is 59.7 Å². The molecule has 9 N–H and O–H groups in total. The van der Waals surface area contributed by atoms with Gasteiger partial charge in [0.25, 0.3) is 0 Å². The van der Waals surface area contributed by atoms with Crippen molar-refractivity contribution in [2.24, 2.45) is 17.4 Å². The Morgan fingerprint density at radius 1 is 0.781 bits per heavy atom. The molecule has 0 saturated heterocycles. The second-order valence-electron chi connectivity index (χ2n) is 7.86. The van der Waals surface area contributed by atoms with Gasteiger partial charge in [-0.25, -0.2) is 4.79 Å². The Labute approximate surface area is 185 Å². The zero-order chi connectivity index (χ0) is 25.0. The molecule has 0 rings (SSSR count). The second-order valence-corrected chi connectivity index (χ2v) is 7.86. The molecule has 4 unspecified atom stereocenters. The molecule has 0 aliphatic heterocycles. The summed E-state index contributed by atoms with van der Waals surface area (Å²) in [5.74, 6) is -5.41. The van der Waals surface area contributed by atoms with E-state index in [0.29, 0.717) is 0 Å². The van der Waals surface area contributed by atoms with E-state index in [1.165, 1.54) is 6.92 Å². The molecule has 0 aliphatic carbocycles. The van der Waals surface area contributed by atoms with Crippen LogP contribution in [0.5, 0.6) is 0 Å². The molecular formula is C19H33N5O8. The molecule has 4 atom stereocenters. The molecule has 0 saturated carbocycles. The monoisotopic (exact) mass is 459 g/mol. The third-order valence-electron chi connectivity index (χ3n) is 4.39. The quantitative estimate of drug-likeness (QED) is 0.144. The lowest BCUT2D eigenvalue weighted by Crippen LogP contribution is -2.56. The van der Waals surface area contributed by atoms with Crippen LogP contribution in [-0.2, 0) is 28.8 Å². The summed E-state index contributed by atoms with van der Waals surface area (Å²) >= 11 is 0. The summed E-state index contributed by atoms with van der Waals surface area (Å²) in [6.07, 6.45) is -0.668. The van der Waals surface area contributed by atoms with Crippen molar-refractivity contribution < 1.29 is 39.0 Å². The first kappa shape index (κ1) is 28.8. The zero-order valence-corrected chi connectivity index (χ0v) is 18.4. The minimum atomic E-state index is -1.37. The van der Waals surface area contributed by atoms with Gasteiger partial charge in [0.05, 0.1) is 6.04 Å². The molecule has 0 bridgehead atoms. The van der Waals surface area contributed by atoms with Gasteiger partial charge in [-0.1, -0.05) is 13.8 Å². The zero-order valence-electron chi connectivity index (χ0n) is 18.4. The molecule has 0 fully saturated rings. The van der Waals surface area contributed by atoms with Gasteiger partial charge in [0.15, 0.2) is 0 Å². The van der Waals surface area contributed by atoms with Gasteiger partial charge in [-0.15, -0.1) is 0 Å². The highest BCUT2D eigenvalue weighted by molar-refractivity contribution is 5.94. The minimum Gasteiger partial charge on any atom is -0.481 e. The predicted octanol–water partition coefficient (Wildman–Crippen LogP) is -1.95. The third kappa shape index (κ3) is 11.8. The number of hydrogen-bond donors (Lipinski definition) is 7. The molecule has 0 heterocycles. The fourth-order valence-electron chi connectivity index (χ4n) is 2.61. The molecule has 0 aliphatic rings. The number of carbonyl (C=O) groups excluding carboxylic acids is 4. The Bertz CT molecular complexity index is 712. The van der Waals surface area contributed by atoms with Crippen LogP contribution < -0.4 is 27.4 Å². The van der Waals surface area contributed by atoms with E-state index in [2.05, 4.69) is 16.0 Å². The SMILES string of the molecule is CC(C)CC(NC(=O)C(N)CCC(=O)O)C(=O)NC(C)C(=O)NC(CCC(N)=O)C(=O)O. The van der Waals surface area contributed by atoms with Crippen LogP contribution in [0.3, 0.4) is 0 Å². The summed E-state index contributed by atoms with van der Waals surface area (Å²) in [6, 6.07) is -4.69. The highest BCUT2D eigenvalue weighted by atomic mass is 16.4. The van der Waals surface area contributed by atoms with Crippen LogP contribution in [0.4, 0.5) is 0 Å². The smallest absolute Gasteiger partial charge is 0.326 e. The summed E-state index contributed by atoms with van der Waals surface area (Å²) < 4.78 is 0. The average molecular weight is 460 g/mol.